The van der Waals surface area contributed by atoms with Crippen LogP contribution in [0.1, 0.15) is 29.1 Å². The van der Waals surface area contributed by atoms with Gasteiger partial charge < -0.3 is 4.90 Å². The zero-order chi connectivity index (χ0) is 13.8. The summed E-state index contributed by atoms with van der Waals surface area (Å²) >= 11 is 1.53. The van der Waals surface area contributed by atoms with Crippen molar-refractivity contribution >= 4 is 17.2 Å². The average Bonchev–Trinajstić information content (AvgIpc) is 2.94. The van der Waals surface area contributed by atoms with Gasteiger partial charge in [0, 0.05) is 26.2 Å². The number of carbonyl (C=O) groups is 1. The molecule has 1 aromatic rings. The quantitative estimate of drug-likeness (QED) is 0.849. The standard InChI is InChI=1S/C14H19N3OS/c1-3-12-4-9-19-13(12)14(18)17-7-5-16(6-8-17)11(2)10-15/h4,9,11H,3,5-8H2,1-2H3. The third-order valence-electron chi connectivity index (χ3n) is 3.66. The van der Waals surface area contributed by atoms with E-state index in [1.165, 1.54) is 11.3 Å². The Kier molecular flexibility index (Phi) is 4.56. The molecule has 0 aliphatic carbocycles. The summed E-state index contributed by atoms with van der Waals surface area (Å²) in [5.41, 5.74) is 1.14. The molecular weight excluding hydrogens is 258 g/mol. The molecule has 1 aliphatic heterocycles. The molecule has 1 fully saturated rings. The van der Waals surface area contributed by atoms with Crippen LogP contribution in [0, 0.1) is 11.3 Å². The summed E-state index contributed by atoms with van der Waals surface area (Å²) in [5.74, 6) is 0.149. The first-order valence-electron chi connectivity index (χ1n) is 6.66. The number of hydrogen-bond acceptors (Lipinski definition) is 4. The minimum atomic E-state index is -0.0646. The van der Waals surface area contributed by atoms with E-state index in [4.69, 9.17) is 5.26 Å². The van der Waals surface area contributed by atoms with Crippen LogP contribution in [0.5, 0.6) is 0 Å². The fourth-order valence-electron chi connectivity index (χ4n) is 2.34. The van der Waals surface area contributed by atoms with Crippen LogP contribution < -0.4 is 0 Å². The molecule has 19 heavy (non-hydrogen) atoms. The number of hydrogen-bond donors (Lipinski definition) is 0. The van der Waals surface area contributed by atoms with E-state index < -0.39 is 0 Å². The molecule has 0 spiro atoms. The molecule has 1 aliphatic rings. The van der Waals surface area contributed by atoms with Gasteiger partial charge in [-0.25, -0.2) is 0 Å². The van der Waals surface area contributed by atoms with Gasteiger partial charge >= 0.3 is 0 Å². The van der Waals surface area contributed by atoms with Crippen molar-refractivity contribution in [1.29, 1.82) is 5.26 Å². The highest BCUT2D eigenvalue weighted by Crippen LogP contribution is 2.20. The predicted molar refractivity (Wildman–Crippen MR) is 76.2 cm³/mol. The second-order valence-electron chi connectivity index (χ2n) is 4.76. The monoisotopic (exact) mass is 277 g/mol. The molecule has 2 heterocycles. The van der Waals surface area contributed by atoms with Crippen LogP contribution in [0.3, 0.4) is 0 Å². The van der Waals surface area contributed by atoms with Crippen molar-refractivity contribution < 1.29 is 4.79 Å². The second kappa shape index (κ2) is 6.18. The lowest BCUT2D eigenvalue weighted by Gasteiger charge is -2.35. The molecule has 0 saturated carbocycles. The number of amides is 1. The number of nitrogens with zero attached hydrogens (tertiary/aromatic N) is 3. The Balaban J connectivity index is 1.99. The highest BCUT2D eigenvalue weighted by molar-refractivity contribution is 7.12. The number of thiophene rings is 1. The van der Waals surface area contributed by atoms with Crippen molar-refractivity contribution in [3.05, 3.63) is 21.9 Å². The second-order valence-corrected chi connectivity index (χ2v) is 5.68. The molecule has 0 aromatic carbocycles. The van der Waals surface area contributed by atoms with Gasteiger partial charge in [-0.05, 0) is 30.4 Å². The molecule has 102 valence electrons. The van der Waals surface area contributed by atoms with E-state index in [2.05, 4.69) is 17.9 Å². The summed E-state index contributed by atoms with van der Waals surface area (Å²) in [4.78, 5) is 17.4. The summed E-state index contributed by atoms with van der Waals surface area (Å²) in [5, 5.41) is 10.9. The van der Waals surface area contributed by atoms with E-state index in [-0.39, 0.29) is 11.9 Å². The first kappa shape index (κ1) is 14.0. The molecule has 0 N–H and O–H groups in total. The number of nitriles is 1. The number of piperazine rings is 1. The summed E-state index contributed by atoms with van der Waals surface area (Å²) in [7, 11) is 0. The topological polar surface area (TPSA) is 47.3 Å². The Morgan fingerprint density at radius 1 is 1.47 bits per heavy atom. The Morgan fingerprint density at radius 3 is 2.74 bits per heavy atom. The third-order valence-corrected chi connectivity index (χ3v) is 4.60. The van der Waals surface area contributed by atoms with Crippen LogP contribution in [-0.4, -0.2) is 47.9 Å². The van der Waals surface area contributed by atoms with Gasteiger partial charge in [-0.15, -0.1) is 11.3 Å². The molecule has 1 atom stereocenters. The Bertz CT molecular complexity index is 483. The number of carbonyl (C=O) groups excluding carboxylic acids is 1. The minimum Gasteiger partial charge on any atom is -0.335 e. The van der Waals surface area contributed by atoms with Crippen molar-refractivity contribution in [3.8, 4) is 6.07 Å². The van der Waals surface area contributed by atoms with E-state index in [0.717, 1.165) is 30.0 Å². The van der Waals surface area contributed by atoms with Crippen LogP contribution >= 0.6 is 11.3 Å². The van der Waals surface area contributed by atoms with E-state index in [1.54, 1.807) is 0 Å². The van der Waals surface area contributed by atoms with Gasteiger partial charge in [0.05, 0.1) is 17.0 Å². The van der Waals surface area contributed by atoms with E-state index in [0.29, 0.717) is 13.1 Å². The third kappa shape index (κ3) is 2.96. The molecular formula is C14H19N3OS. The molecule has 0 radical (unpaired) electrons. The fourth-order valence-corrected chi connectivity index (χ4v) is 3.30. The van der Waals surface area contributed by atoms with Gasteiger partial charge in [0.1, 0.15) is 0 Å². The predicted octanol–water partition coefficient (Wildman–Crippen LogP) is 1.98. The van der Waals surface area contributed by atoms with E-state index >= 15 is 0 Å². The van der Waals surface area contributed by atoms with Crippen LogP contribution in [0.2, 0.25) is 0 Å². The summed E-state index contributed by atoms with van der Waals surface area (Å²) < 4.78 is 0. The van der Waals surface area contributed by atoms with Crippen molar-refractivity contribution in [2.75, 3.05) is 26.2 Å². The molecule has 4 nitrogen and oxygen atoms in total. The van der Waals surface area contributed by atoms with E-state index in [1.807, 2.05) is 23.3 Å². The fraction of sp³-hybridized carbons (Fsp3) is 0.571. The molecule has 1 unspecified atom stereocenters. The van der Waals surface area contributed by atoms with Gasteiger partial charge in [-0.1, -0.05) is 6.92 Å². The lowest BCUT2D eigenvalue weighted by Crippen LogP contribution is -2.51. The van der Waals surface area contributed by atoms with Crippen LogP contribution in [0.25, 0.3) is 0 Å². The zero-order valence-electron chi connectivity index (χ0n) is 11.4. The lowest BCUT2D eigenvalue weighted by atomic mass is 10.2. The maximum absolute atomic E-state index is 12.4. The first-order chi connectivity index (χ1) is 9.17. The molecule has 5 heteroatoms. The highest BCUT2D eigenvalue weighted by Gasteiger charge is 2.26. The SMILES string of the molecule is CCc1ccsc1C(=O)N1CCN(C(C)C#N)CC1. The van der Waals surface area contributed by atoms with Crippen LogP contribution in [-0.2, 0) is 6.42 Å². The maximum Gasteiger partial charge on any atom is 0.264 e. The normalized spacial score (nSPS) is 18.1. The lowest BCUT2D eigenvalue weighted by molar-refractivity contribution is 0.0619. The molecule has 0 bridgehead atoms. The largest absolute Gasteiger partial charge is 0.335 e. The number of rotatable bonds is 3. The van der Waals surface area contributed by atoms with Gasteiger partial charge in [-0.2, -0.15) is 5.26 Å². The Labute approximate surface area is 118 Å². The summed E-state index contributed by atoms with van der Waals surface area (Å²) in [6.07, 6.45) is 0.899. The summed E-state index contributed by atoms with van der Waals surface area (Å²) in [6, 6.07) is 4.22. The zero-order valence-corrected chi connectivity index (χ0v) is 12.2. The smallest absolute Gasteiger partial charge is 0.264 e. The molecule has 1 amide bonds. The summed E-state index contributed by atoms with van der Waals surface area (Å²) in [6.45, 7) is 6.98. The van der Waals surface area contributed by atoms with E-state index in [9.17, 15) is 4.79 Å². The van der Waals surface area contributed by atoms with Crippen molar-refractivity contribution in [2.24, 2.45) is 0 Å². The van der Waals surface area contributed by atoms with Crippen LogP contribution in [0.15, 0.2) is 11.4 Å². The van der Waals surface area contributed by atoms with Gasteiger partial charge in [0.25, 0.3) is 5.91 Å². The van der Waals surface area contributed by atoms with Gasteiger partial charge in [0.15, 0.2) is 0 Å². The average molecular weight is 277 g/mol. The van der Waals surface area contributed by atoms with Crippen LogP contribution in [0.4, 0.5) is 0 Å². The maximum atomic E-state index is 12.4. The molecule has 1 aromatic heterocycles. The Morgan fingerprint density at radius 2 is 2.16 bits per heavy atom. The first-order valence-corrected chi connectivity index (χ1v) is 7.54. The highest BCUT2D eigenvalue weighted by atomic mass is 32.1. The number of aryl methyl sites for hydroxylation is 1. The molecule has 1 saturated heterocycles. The van der Waals surface area contributed by atoms with Gasteiger partial charge in [-0.3, -0.25) is 9.69 Å². The van der Waals surface area contributed by atoms with Crippen molar-refractivity contribution in [1.82, 2.24) is 9.80 Å². The minimum absolute atomic E-state index is 0.0646. The van der Waals surface area contributed by atoms with Crippen molar-refractivity contribution in [2.45, 2.75) is 26.3 Å². The molecule has 2 rings (SSSR count). The van der Waals surface area contributed by atoms with Gasteiger partial charge in [0.2, 0.25) is 0 Å². The van der Waals surface area contributed by atoms with Crippen molar-refractivity contribution in [3.63, 3.8) is 0 Å². The Hall–Kier alpha value is -1.38.